The lowest BCUT2D eigenvalue weighted by atomic mass is 9.85. The molecular formula is C16H24O4. The summed E-state index contributed by atoms with van der Waals surface area (Å²) >= 11 is 0. The van der Waals surface area contributed by atoms with Crippen molar-refractivity contribution >= 4 is 11.9 Å². The number of carbonyl (C=O) groups is 2. The molecule has 1 unspecified atom stereocenters. The third kappa shape index (κ3) is 5.19. The van der Waals surface area contributed by atoms with Crippen molar-refractivity contribution in [3.63, 3.8) is 0 Å². The monoisotopic (exact) mass is 280 g/mol. The summed E-state index contributed by atoms with van der Waals surface area (Å²) in [6.07, 6.45) is 5.07. The predicted molar refractivity (Wildman–Crippen MR) is 77.0 cm³/mol. The Morgan fingerprint density at radius 2 is 1.60 bits per heavy atom. The molecule has 1 aliphatic rings. The molecule has 0 aromatic heterocycles. The van der Waals surface area contributed by atoms with Crippen molar-refractivity contribution in [2.75, 3.05) is 6.61 Å². The first kappa shape index (κ1) is 16.5. The molecule has 4 heteroatoms. The van der Waals surface area contributed by atoms with Crippen LogP contribution in [0.25, 0.3) is 0 Å². The summed E-state index contributed by atoms with van der Waals surface area (Å²) in [6.45, 7) is 10.4. The van der Waals surface area contributed by atoms with Crippen molar-refractivity contribution in [1.82, 2.24) is 0 Å². The van der Waals surface area contributed by atoms with Gasteiger partial charge in [-0.15, -0.1) is 0 Å². The van der Waals surface area contributed by atoms with Crippen LogP contribution in [0, 0.1) is 5.92 Å². The average molecular weight is 280 g/mol. The largest absolute Gasteiger partial charge is 0.458 e. The Bertz CT molecular complexity index is 391. The van der Waals surface area contributed by atoms with Crippen LogP contribution in [0.1, 0.15) is 46.0 Å². The van der Waals surface area contributed by atoms with Crippen molar-refractivity contribution in [3.05, 3.63) is 24.3 Å². The number of carbonyl (C=O) groups excluding carboxylic acids is 2. The molecule has 4 nitrogen and oxygen atoms in total. The second kappa shape index (κ2) is 7.88. The summed E-state index contributed by atoms with van der Waals surface area (Å²) in [5.41, 5.74) is 0.704. The third-order valence-electron chi connectivity index (χ3n) is 3.51. The Labute approximate surface area is 120 Å². The lowest BCUT2D eigenvalue weighted by Gasteiger charge is -2.29. The highest BCUT2D eigenvalue weighted by Crippen LogP contribution is 2.28. The van der Waals surface area contributed by atoms with E-state index in [-0.39, 0.29) is 18.6 Å². The molecule has 0 aromatic carbocycles. The summed E-state index contributed by atoms with van der Waals surface area (Å²) < 4.78 is 10.6. The Morgan fingerprint density at radius 3 is 2.10 bits per heavy atom. The van der Waals surface area contributed by atoms with Crippen LogP contribution in [0.5, 0.6) is 0 Å². The highest BCUT2D eigenvalue weighted by Gasteiger charge is 2.28. The SMILES string of the molecule is C=C(C)C(=O)OCC(OC(=O)C(=C)C)C1CCCCC1. The van der Waals surface area contributed by atoms with Gasteiger partial charge in [-0.1, -0.05) is 32.4 Å². The van der Waals surface area contributed by atoms with Crippen molar-refractivity contribution in [2.45, 2.75) is 52.1 Å². The van der Waals surface area contributed by atoms with Crippen LogP contribution in [0.15, 0.2) is 24.3 Å². The first-order valence-corrected chi connectivity index (χ1v) is 7.11. The summed E-state index contributed by atoms with van der Waals surface area (Å²) in [4.78, 5) is 23.2. The van der Waals surface area contributed by atoms with Crippen LogP contribution in [0.4, 0.5) is 0 Å². The van der Waals surface area contributed by atoms with Crippen molar-refractivity contribution in [3.8, 4) is 0 Å². The molecule has 0 bridgehead atoms. The van der Waals surface area contributed by atoms with E-state index in [9.17, 15) is 9.59 Å². The van der Waals surface area contributed by atoms with E-state index in [0.29, 0.717) is 11.1 Å². The van der Waals surface area contributed by atoms with Crippen LogP contribution in [-0.4, -0.2) is 24.6 Å². The molecular weight excluding hydrogens is 256 g/mol. The topological polar surface area (TPSA) is 52.6 Å². The molecule has 1 fully saturated rings. The van der Waals surface area contributed by atoms with Crippen LogP contribution in [0.3, 0.4) is 0 Å². The van der Waals surface area contributed by atoms with E-state index >= 15 is 0 Å². The van der Waals surface area contributed by atoms with Crippen molar-refractivity contribution in [2.24, 2.45) is 5.92 Å². The zero-order chi connectivity index (χ0) is 15.1. The van der Waals surface area contributed by atoms with Crippen molar-refractivity contribution in [1.29, 1.82) is 0 Å². The molecule has 0 saturated heterocycles. The van der Waals surface area contributed by atoms with Gasteiger partial charge in [0.05, 0.1) is 0 Å². The summed E-state index contributed by atoms with van der Waals surface area (Å²) in [6, 6.07) is 0. The molecule has 0 radical (unpaired) electrons. The molecule has 1 saturated carbocycles. The fourth-order valence-electron chi connectivity index (χ4n) is 2.29. The van der Waals surface area contributed by atoms with E-state index in [1.165, 1.54) is 6.42 Å². The standard InChI is InChI=1S/C16H24O4/c1-11(2)15(17)19-10-14(20-16(18)12(3)4)13-8-6-5-7-9-13/h13-14H,1,3,5-10H2,2,4H3. The summed E-state index contributed by atoms with van der Waals surface area (Å²) in [5, 5.41) is 0. The predicted octanol–water partition coefficient (Wildman–Crippen LogP) is 3.17. The summed E-state index contributed by atoms with van der Waals surface area (Å²) in [5.74, 6) is -0.617. The van der Waals surface area contributed by atoms with Crippen LogP contribution in [0.2, 0.25) is 0 Å². The maximum absolute atomic E-state index is 11.7. The molecule has 0 heterocycles. The second-order valence-electron chi connectivity index (χ2n) is 5.50. The van der Waals surface area contributed by atoms with Crippen LogP contribution >= 0.6 is 0 Å². The number of ether oxygens (including phenoxy) is 2. The van der Waals surface area contributed by atoms with E-state index in [1.807, 2.05) is 0 Å². The lowest BCUT2D eigenvalue weighted by molar-refractivity contribution is -0.158. The second-order valence-corrected chi connectivity index (χ2v) is 5.50. The van der Waals surface area contributed by atoms with Gasteiger partial charge in [-0.3, -0.25) is 0 Å². The van der Waals surface area contributed by atoms with Crippen LogP contribution in [-0.2, 0) is 19.1 Å². The Morgan fingerprint density at radius 1 is 1.05 bits per heavy atom. The fourth-order valence-corrected chi connectivity index (χ4v) is 2.29. The van der Waals surface area contributed by atoms with Crippen molar-refractivity contribution < 1.29 is 19.1 Å². The van der Waals surface area contributed by atoms with Gasteiger partial charge < -0.3 is 9.47 Å². The maximum atomic E-state index is 11.7. The van der Waals surface area contributed by atoms with E-state index in [2.05, 4.69) is 13.2 Å². The molecule has 0 spiro atoms. The van der Waals surface area contributed by atoms with Gasteiger partial charge in [0.2, 0.25) is 0 Å². The molecule has 1 rings (SSSR count). The Balaban J connectivity index is 2.62. The van der Waals surface area contributed by atoms with E-state index in [1.54, 1.807) is 13.8 Å². The first-order chi connectivity index (χ1) is 9.41. The molecule has 112 valence electrons. The van der Waals surface area contributed by atoms with E-state index < -0.39 is 11.9 Å². The van der Waals surface area contributed by atoms with Gasteiger partial charge in [-0.25, -0.2) is 9.59 Å². The van der Waals surface area contributed by atoms with E-state index in [0.717, 1.165) is 25.7 Å². The minimum atomic E-state index is -0.447. The normalized spacial score (nSPS) is 17.1. The van der Waals surface area contributed by atoms with Crippen LogP contribution < -0.4 is 0 Å². The van der Waals surface area contributed by atoms with Gasteiger partial charge >= 0.3 is 11.9 Å². The van der Waals surface area contributed by atoms with Gasteiger partial charge in [-0.05, 0) is 32.6 Å². The molecule has 1 aliphatic carbocycles. The highest BCUT2D eigenvalue weighted by atomic mass is 16.6. The molecule has 1 atom stereocenters. The molecule has 0 aliphatic heterocycles. The van der Waals surface area contributed by atoms with Gasteiger partial charge in [0, 0.05) is 11.1 Å². The number of rotatable bonds is 6. The number of esters is 2. The molecule has 0 N–H and O–H groups in total. The fraction of sp³-hybridized carbons (Fsp3) is 0.625. The quantitative estimate of drug-likeness (QED) is 0.554. The molecule has 0 aromatic rings. The first-order valence-electron chi connectivity index (χ1n) is 7.11. The number of hydrogen-bond acceptors (Lipinski definition) is 4. The third-order valence-corrected chi connectivity index (χ3v) is 3.51. The van der Waals surface area contributed by atoms with Gasteiger partial charge in [0.15, 0.2) is 0 Å². The smallest absolute Gasteiger partial charge is 0.333 e. The highest BCUT2D eigenvalue weighted by molar-refractivity contribution is 5.87. The molecule has 0 amide bonds. The van der Waals surface area contributed by atoms with Gasteiger partial charge in [0.25, 0.3) is 0 Å². The number of hydrogen-bond donors (Lipinski definition) is 0. The minimum absolute atomic E-state index is 0.0926. The Hall–Kier alpha value is -1.58. The molecule has 20 heavy (non-hydrogen) atoms. The Kier molecular flexibility index (Phi) is 6.49. The minimum Gasteiger partial charge on any atom is -0.458 e. The van der Waals surface area contributed by atoms with E-state index in [4.69, 9.17) is 9.47 Å². The zero-order valence-corrected chi connectivity index (χ0v) is 12.4. The lowest BCUT2D eigenvalue weighted by Crippen LogP contribution is -2.34. The maximum Gasteiger partial charge on any atom is 0.333 e. The van der Waals surface area contributed by atoms with Gasteiger partial charge in [-0.2, -0.15) is 0 Å². The zero-order valence-electron chi connectivity index (χ0n) is 12.4. The average Bonchev–Trinajstić information content (AvgIpc) is 2.43. The van der Waals surface area contributed by atoms with Gasteiger partial charge in [0.1, 0.15) is 12.7 Å². The summed E-state index contributed by atoms with van der Waals surface area (Å²) in [7, 11) is 0.